The lowest BCUT2D eigenvalue weighted by Gasteiger charge is -2.34. The molecule has 6 aromatic carbocycles. The van der Waals surface area contributed by atoms with Crippen LogP contribution in [0.2, 0.25) is 0 Å². The van der Waals surface area contributed by atoms with E-state index in [0.717, 1.165) is 79.2 Å². The van der Waals surface area contributed by atoms with Crippen molar-refractivity contribution in [1.29, 1.82) is 0 Å². The van der Waals surface area contributed by atoms with Gasteiger partial charge in [0.15, 0.2) is 0 Å². The molecule has 9 aromatic rings. The van der Waals surface area contributed by atoms with E-state index in [4.69, 9.17) is 13.8 Å². The van der Waals surface area contributed by atoms with Crippen LogP contribution in [-0.2, 0) is 6.42 Å². The van der Waals surface area contributed by atoms with Crippen LogP contribution in [0.1, 0.15) is 34.2 Å². The van der Waals surface area contributed by atoms with Crippen LogP contribution in [-0.4, -0.2) is 12.0 Å². The molecule has 1 aliphatic carbocycles. The quantitative estimate of drug-likeness (QED) is 0.195. The summed E-state index contributed by atoms with van der Waals surface area (Å²) in [5, 5.41) is 13.3. The first-order valence-electron chi connectivity index (χ1n) is 17.5. The van der Waals surface area contributed by atoms with E-state index >= 15 is 0 Å². The molecule has 0 saturated carbocycles. The van der Waals surface area contributed by atoms with Crippen molar-refractivity contribution in [3.8, 4) is 11.1 Å². The van der Waals surface area contributed by atoms with Crippen molar-refractivity contribution in [3.05, 3.63) is 161 Å². The zero-order valence-corrected chi connectivity index (χ0v) is 28.3. The molecular formula is C45H31N3O2S. The Kier molecular flexibility index (Phi) is 6.38. The number of nitrogens with zero attached hydrogens (tertiary/aromatic N) is 1. The summed E-state index contributed by atoms with van der Waals surface area (Å²) >= 11 is 1.88. The van der Waals surface area contributed by atoms with Crippen LogP contribution in [0.5, 0.6) is 0 Å². The van der Waals surface area contributed by atoms with Crippen molar-refractivity contribution in [1.82, 2.24) is 10.6 Å². The second-order valence-electron chi connectivity index (χ2n) is 13.5. The number of furan rings is 2. The fourth-order valence-corrected chi connectivity index (χ4v) is 9.28. The SMILES string of the molecule is C1=C(C2N=C(c3ccc4oc5c(-c6cccc7c6oc6ccccc67)cccc5c4c3)NC(c3ccccc3)N2)CCc2c1sc1ccccc21. The Labute approximate surface area is 297 Å². The predicted molar refractivity (Wildman–Crippen MR) is 210 cm³/mol. The van der Waals surface area contributed by atoms with Gasteiger partial charge in [0, 0.05) is 47.8 Å². The first-order valence-corrected chi connectivity index (χ1v) is 18.3. The molecule has 2 atom stereocenters. The van der Waals surface area contributed by atoms with Gasteiger partial charge >= 0.3 is 0 Å². The second kappa shape index (κ2) is 11.3. The number of fused-ring (bicyclic) bond motifs is 9. The highest BCUT2D eigenvalue weighted by Crippen LogP contribution is 2.42. The Morgan fingerprint density at radius 2 is 1.29 bits per heavy atom. The van der Waals surface area contributed by atoms with Crippen LogP contribution in [0.4, 0.5) is 0 Å². The normalized spacial score (nSPS) is 17.6. The van der Waals surface area contributed by atoms with Crippen LogP contribution >= 0.6 is 11.3 Å². The molecule has 0 amide bonds. The fraction of sp³-hybridized carbons (Fsp3) is 0.0889. The zero-order chi connectivity index (χ0) is 33.5. The van der Waals surface area contributed by atoms with Crippen molar-refractivity contribution in [3.63, 3.8) is 0 Å². The van der Waals surface area contributed by atoms with Crippen molar-refractivity contribution in [2.24, 2.45) is 4.99 Å². The summed E-state index contributed by atoms with van der Waals surface area (Å²) in [6.45, 7) is 0. The van der Waals surface area contributed by atoms with Crippen LogP contribution in [0, 0.1) is 0 Å². The zero-order valence-electron chi connectivity index (χ0n) is 27.5. The van der Waals surface area contributed by atoms with Crippen molar-refractivity contribution >= 4 is 77.2 Å². The summed E-state index contributed by atoms with van der Waals surface area (Å²) in [6, 6.07) is 46.7. The standard InChI is InChI=1S/C45H31N3O2S/c1-2-10-26(11-3-1)43-46-44(48-45(47-43)28-20-22-31-30-13-5-7-19-39(30)51-40(31)25-28)27-21-23-38-36(24-27)35-17-9-16-34(42(35)50-38)33-15-8-14-32-29-12-4-6-18-37(29)49-41(32)33/h1-19,21,23-25,43,45,47H,20,22H2,(H,46,48). The number of amidine groups is 1. The van der Waals surface area contributed by atoms with Gasteiger partial charge in [-0.15, -0.1) is 11.3 Å². The van der Waals surface area contributed by atoms with Crippen LogP contribution in [0.15, 0.2) is 153 Å². The lowest BCUT2D eigenvalue weighted by molar-refractivity contribution is 0.426. The maximum absolute atomic E-state index is 6.65. The highest BCUT2D eigenvalue weighted by atomic mass is 32.1. The molecule has 0 saturated heterocycles. The van der Waals surface area contributed by atoms with Crippen LogP contribution < -0.4 is 10.6 Å². The molecule has 0 fully saturated rings. The average molecular weight is 678 g/mol. The molecule has 1 aliphatic heterocycles. The summed E-state index contributed by atoms with van der Waals surface area (Å²) in [4.78, 5) is 6.71. The van der Waals surface area contributed by atoms with Gasteiger partial charge in [-0.1, -0.05) is 103 Å². The second-order valence-corrected chi connectivity index (χ2v) is 14.6. The summed E-state index contributed by atoms with van der Waals surface area (Å²) < 4.78 is 14.4. The topological polar surface area (TPSA) is 62.7 Å². The highest BCUT2D eigenvalue weighted by Gasteiger charge is 2.29. The summed E-state index contributed by atoms with van der Waals surface area (Å²) in [7, 11) is 0. The van der Waals surface area contributed by atoms with Gasteiger partial charge in [-0.3, -0.25) is 5.32 Å². The van der Waals surface area contributed by atoms with Crippen LogP contribution in [0.25, 0.3) is 71.2 Å². The van der Waals surface area contributed by atoms with E-state index < -0.39 is 0 Å². The third kappa shape index (κ3) is 4.61. The number of aryl methyl sites for hydroxylation is 1. The Balaban J connectivity index is 1.03. The van der Waals surface area contributed by atoms with Crippen molar-refractivity contribution in [2.45, 2.75) is 25.2 Å². The number of thiophene rings is 1. The summed E-state index contributed by atoms with van der Waals surface area (Å²) in [5.74, 6) is 0.870. The summed E-state index contributed by atoms with van der Waals surface area (Å²) in [6.07, 6.45) is 4.12. The van der Waals surface area contributed by atoms with E-state index in [0.29, 0.717) is 0 Å². The van der Waals surface area contributed by atoms with Crippen LogP contribution in [0.3, 0.4) is 0 Å². The first-order chi connectivity index (χ1) is 25.2. The fourth-order valence-electron chi connectivity index (χ4n) is 8.05. The molecule has 2 unspecified atom stereocenters. The van der Waals surface area contributed by atoms with E-state index in [2.05, 4.69) is 138 Å². The Bertz CT molecular complexity index is 2890. The number of para-hydroxylation sites is 3. The number of benzene rings is 6. The van der Waals surface area contributed by atoms with E-state index in [-0.39, 0.29) is 12.3 Å². The molecule has 2 aliphatic rings. The average Bonchev–Trinajstić information content (AvgIpc) is 3.89. The first kappa shape index (κ1) is 28.8. The van der Waals surface area contributed by atoms with E-state index in [1.54, 1.807) is 0 Å². The van der Waals surface area contributed by atoms with Gasteiger partial charge in [0.2, 0.25) is 0 Å². The molecular weight excluding hydrogens is 647 g/mol. The molecule has 6 heteroatoms. The van der Waals surface area contributed by atoms with Gasteiger partial charge in [0.1, 0.15) is 40.5 Å². The summed E-state index contributed by atoms with van der Waals surface area (Å²) in [5.41, 5.74) is 10.5. The molecule has 51 heavy (non-hydrogen) atoms. The lowest BCUT2D eigenvalue weighted by atomic mass is 9.93. The molecule has 4 heterocycles. The van der Waals surface area contributed by atoms with Gasteiger partial charge in [0.25, 0.3) is 0 Å². The van der Waals surface area contributed by atoms with Gasteiger partial charge in [-0.05, 0) is 71.3 Å². The third-order valence-electron chi connectivity index (χ3n) is 10.5. The molecule has 11 rings (SSSR count). The van der Waals surface area contributed by atoms with Crippen molar-refractivity contribution < 1.29 is 8.83 Å². The molecule has 5 nitrogen and oxygen atoms in total. The number of hydrogen-bond acceptors (Lipinski definition) is 6. The highest BCUT2D eigenvalue weighted by molar-refractivity contribution is 7.20. The number of nitrogens with one attached hydrogen (secondary N) is 2. The molecule has 0 spiro atoms. The Morgan fingerprint density at radius 3 is 2.12 bits per heavy atom. The third-order valence-corrected chi connectivity index (χ3v) is 11.7. The van der Waals surface area contributed by atoms with Gasteiger partial charge in [-0.2, -0.15) is 0 Å². The predicted octanol–water partition coefficient (Wildman–Crippen LogP) is 11.4. The number of hydrogen-bond donors (Lipinski definition) is 2. The smallest absolute Gasteiger partial charge is 0.143 e. The number of rotatable bonds is 4. The monoisotopic (exact) mass is 677 g/mol. The Hall–Kier alpha value is -5.95. The maximum atomic E-state index is 6.65. The maximum Gasteiger partial charge on any atom is 0.143 e. The minimum atomic E-state index is -0.155. The molecule has 244 valence electrons. The minimum absolute atomic E-state index is 0.0962. The molecule has 0 radical (unpaired) electrons. The lowest BCUT2D eigenvalue weighted by Crippen LogP contribution is -2.49. The van der Waals surface area contributed by atoms with E-state index in [1.165, 1.54) is 31.7 Å². The largest absolute Gasteiger partial charge is 0.455 e. The van der Waals surface area contributed by atoms with Gasteiger partial charge in [-0.25, -0.2) is 4.99 Å². The van der Waals surface area contributed by atoms with E-state index in [1.807, 2.05) is 23.5 Å². The molecule has 2 N–H and O–H groups in total. The minimum Gasteiger partial charge on any atom is -0.455 e. The van der Waals surface area contributed by atoms with Crippen molar-refractivity contribution in [2.75, 3.05) is 0 Å². The van der Waals surface area contributed by atoms with Gasteiger partial charge in [0.05, 0.1) is 0 Å². The van der Waals surface area contributed by atoms with E-state index in [9.17, 15) is 0 Å². The number of aliphatic imine (C=N–C) groups is 1. The molecule has 0 bridgehead atoms. The Morgan fingerprint density at radius 1 is 0.608 bits per heavy atom. The molecule has 3 aromatic heterocycles. The van der Waals surface area contributed by atoms with Gasteiger partial charge < -0.3 is 14.2 Å².